The Bertz CT molecular complexity index is 610. The molecular weight excluding hydrogens is 338 g/mol. The molecule has 0 saturated carbocycles. The Morgan fingerprint density at radius 1 is 1.15 bits per heavy atom. The summed E-state index contributed by atoms with van der Waals surface area (Å²) in [5.74, 6) is 2.09. The van der Waals surface area contributed by atoms with E-state index in [2.05, 4.69) is 42.9 Å². The quantitative estimate of drug-likeness (QED) is 0.623. The molecule has 1 heterocycles. The number of ether oxygens (including phenoxy) is 1. The molecule has 1 amide bonds. The minimum Gasteiger partial charge on any atom is -0.490 e. The molecule has 0 spiro atoms. The summed E-state index contributed by atoms with van der Waals surface area (Å²) >= 11 is 0. The highest BCUT2D eigenvalue weighted by atomic mass is 16.5. The number of hydrogen-bond acceptors (Lipinski definition) is 4. The maximum absolute atomic E-state index is 12.9. The zero-order valence-electron chi connectivity index (χ0n) is 17.5. The van der Waals surface area contributed by atoms with Crippen LogP contribution in [0.15, 0.2) is 36.4 Å². The van der Waals surface area contributed by atoms with Crippen LogP contribution in [0, 0.1) is 11.8 Å². The van der Waals surface area contributed by atoms with Crippen molar-refractivity contribution in [2.45, 2.75) is 13.3 Å². The van der Waals surface area contributed by atoms with Crippen LogP contribution in [-0.2, 0) is 11.2 Å². The van der Waals surface area contributed by atoms with E-state index in [1.807, 2.05) is 43.3 Å². The number of amides is 1. The van der Waals surface area contributed by atoms with Crippen LogP contribution >= 0.6 is 0 Å². The summed E-state index contributed by atoms with van der Waals surface area (Å²) in [7, 11) is 8.43. The summed E-state index contributed by atoms with van der Waals surface area (Å²) in [5.41, 5.74) is 1.01. The van der Waals surface area contributed by atoms with Crippen LogP contribution in [-0.4, -0.2) is 81.6 Å². The van der Waals surface area contributed by atoms with Crippen molar-refractivity contribution in [1.29, 1.82) is 0 Å². The SMILES string of the molecule is C/C=C\COc1cccc(CC(=O)N2C[C@@H](CN(C)C)[C@H](CN(C)C)C2)c1. The van der Waals surface area contributed by atoms with Crippen LogP contribution in [0.2, 0.25) is 0 Å². The van der Waals surface area contributed by atoms with Gasteiger partial charge in [-0.05, 0) is 64.6 Å². The molecule has 0 unspecified atom stereocenters. The molecule has 5 heteroatoms. The zero-order chi connectivity index (χ0) is 19.8. The number of carbonyl (C=O) groups is 1. The summed E-state index contributed by atoms with van der Waals surface area (Å²) < 4.78 is 5.69. The Labute approximate surface area is 164 Å². The lowest BCUT2D eigenvalue weighted by atomic mass is 9.95. The number of likely N-dealkylation sites (tertiary alicyclic amines) is 1. The number of hydrogen-bond donors (Lipinski definition) is 0. The molecular formula is C22H35N3O2. The van der Waals surface area contributed by atoms with E-state index in [1.54, 1.807) is 0 Å². The maximum Gasteiger partial charge on any atom is 0.227 e. The highest BCUT2D eigenvalue weighted by Crippen LogP contribution is 2.25. The third kappa shape index (κ3) is 7.00. The molecule has 0 N–H and O–H groups in total. The molecule has 1 saturated heterocycles. The first kappa shape index (κ1) is 21.5. The fourth-order valence-corrected chi connectivity index (χ4v) is 3.77. The first-order valence-electron chi connectivity index (χ1n) is 9.79. The lowest BCUT2D eigenvalue weighted by Crippen LogP contribution is -2.32. The largest absolute Gasteiger partial charge is 0.490 e. The van der Waals surface area contributed by atoms with Crippen LogP contribution < -0.4 is 4.74 Å². The number of nitrogens with zero attached hydrogens (tertiary/aromatic N) is 3. The van der Waals surface area contributed by atoms with Gasteiger partial charge in [0.25, 0.3) is 0 Å². The number of benzene rings is 1. The molecule has 2 rings (SSSR count). The van der Waals surface area contributed by atoms with E-state index in [4.69, 9.17) is 4.74 Å². The van der Waals surface area contributed by atoms with Crippen LogP contribution in [0.5, 0.6) is 5.75 Å². The van der Waals surface area contributed by atoms with Crippen molar-refractivity contribution < 1.29 is 9.53 Å². The van der Waals surface area contributed by atoms with Gasteiger partial charge in [0.15, 0.2) is 0 Å². The van der Waals surface area contributed by atoms with Gasteiger partial charge in [-0.15, -0.1) is 0 Å². The van der Waals surface area contributed by atoms with Gasteiger partial charge in [-0.25, -0.2) is 0 Å². The molecule has 0 aromatic heterocycles. The Morgan fingerprint density at radius 3 is 2.33 bits per heavy atom. The van der Waals surface area contributed by atoms with Crippen molar-refractivity contribution >= 4 is 5.91 Å². The summed E-state index contributed by atoms with van der Waals surface area (Å²) in [4.78, 5) is 19.4. The van der Waals surface area contributed by atoms with Crippen LogP contribution in [0.3, 0.4) is 0 Å². The molecule has 0 radical (unpaired) electrons. The van der Waals surface area contributed by atoms with Crippen molar-refractivity contribution in [2.24, 2.45) is 11.8 Å². The minimum absolute atomic E-state index is 0.214. The average molecular weight is 374 g/mol. The Hall–Kier alpha value is -1.85. The molecule has 0 bridgehead atoms. The lowest BCUT2D eigenvalue weighted by Gasteiger charge is -2.24. The van der Waals surface area contributed by atoms with Crippen LogP contribution in [0.1, 0.15) is 12.5 Å². The van der Waals surface area contributed by atoms with E-state index in [0.717, 1.165) is 37.5 Å². The van der Waals surface area contributed by atoms with Crippen molar-refractivity contribution in [2.75, 3.05) is 61.0 Å². The molecule has 0 aliphatic carbocycles. The highest BCUT2D eigenvalue weighted by molar-refractivity contribution is 5.79. The smallest absolute Gasteiger partial charge is 0.227 e. The van der Waals surface area contributed by atoms with Gasteiger partial charge < -0.3 is 19.4 Å². The van der Waals surface area contributed by atoms with Crippen molar-refractivity contribution in [3.05, 3.63) is 42.0 Å². The van der Waals surface area contributed by atoms with Gasteiger partial charge in [0.1, 0.15) is 12.4 Å². The molecule has 27 heavy (non-hydrogen) atoms. The maximum atomic E-state index is 12.9. The Morgan fingerprint density at radius 2 is 1.78 bits per heavy atom. The van der Waals surface area contributed by atoms with Crippen LogP contribution in [0.4, 0.5) is 0 Å². The summed E-state index contributed by atoms with van der Waals surface area (Å²) in [5, 5.41) is 0. The fourth-order valence-electron chi connectivity index (χ4n) is 3.77. The zero-order valence-corrected chi connectivity index (χ0v) is 17.5. The van der Waals surface area contributed by atoms with E-state index in [9.17, 15) is 4.79 Å². The van der Waals surface area contributed by atoms with Gasteiger partial charge in [-0.2, -0.15) is 0 Å². The third-order valence-electron chi connectivity index (χ3n) is 4.96. The molecule has 5 nitrogen and oxygen atoms in total. The summed E-state index contributed by atoms with van der Waals surface area (Å²) in [6.45, 7) is 6.28. The molecule has 1 aromatic carbocycles. The van der Waals surface area contributed by atoms with Crippen molar-refractivity contribution in [1.82, 2.24) is 14.7 Å². The second-order valence-electron chi connectivity index (χ2n) is 8.05. The number of carbonyl (C=O) groups excluding carboxylic acids is 1. The number of rotatable bonds is 9. The normalized spacial score (nSPS) is 20.2. The lowest BCUT2D eigenvalue weighted by molar-refractivity contribution is -0.129. The van der Waals surface area contributed by atoms with Crippen molar-refractivity contribution in [3.8, 4) is 5.75 Å². The third-order valence-corrected chi connectivity index (χ3v) is 4.96. The van der Waals surface area contributed by atoms with Gasteiger partial charge in [-0.3, -0.25) is 4.79 Å². The van der Waals surface area contributed by atoms with Gasteiger partial charge in [0.05, 0.1) is 6.42 Å². The monoisotopic (exact) mass is 373 g/mol. The van der Waals surface area contributed by atoms with E-state index in [0.29, 0.717) is 24.9 Å². The van der Waals surface area contributed by atoms with Gasteiger partial charge in [-0.1, -0.05) is 24.3 Å². The minimum atomic E-state index is 0.214. The summed E-state index contributed by atoms with van der Waals surface area (Å²) in [6, 6.07) is 7.88. The molecule has 150 valence electrons. The Kier molecular flexibility index (Phi) is 8.32. The highest BCUT2D eigenvalue weighted by Gasteiger charge is 2.35. The summed E-state index contributed by atoms with van der Waals surface area (Å²) in [6.07, 6.45) is 4.37. The van der Waals surface area contributed by atoms with E-state index in [-0.39, 0.29) is 5.91 Å². The molecule has 1 aromatic rings. The predicted molar refractivity (Wildman–Crippen MR) is 111 cm³/mol. The Balaban J connectivity index is 1.97. The van der Waals surface area contributed by atoms with E-state index in [1.165, 1.54) is 0 Å². The second kappa shape index (κ2) is 10.5. The van der Waals surface area contributed by atoms with E-state index < -0.39 is 0 Å². The average Bonchev–Trinajstić information content (AvgIpc) is 2.97. The molecule has 1 fully saturated rings. The predicted octanol–water partition coefficient (Wildman–Crippen LogP) is 2.38. The van der Waals surface area contributed by atoms with Crippen molar-refractivity contribution in [3.63, 3.8) is 0 Å². The standard InChI is InChI=1S/C22H35N3O2/c1-6-7-11-27-21-10-8-9-18(12-21)13-22(26)25-16-19(14-23(2)3)20(17-25)15-24(4)5/h6-10,12,19-20H,11,13-17H2,1-5H3/b7-6-/t19-,20-/m1/s1. The van der Waals surface area contributed by atoms with Gasteiger partial charge >= 0.3 is 0 Å². The molecule has 2 atom stereocenters. The first-order valence-corrected chi connectivity index (χ1v) is 9.79. The molecule has 1 aliphatic heterocycles. The van der Waals surface area contributed by atoms with Gasteiger partial charge in [0.2, 0.25) is 5.91 Å². The topological polar surface area (TPSA) is 36.0 Å². The number of allylic oxidation sites excluding steroid dienone is 1. The second-order valence-corrected chi connectivity index (χ2v) is 8.05. The first-order chi connectivity index (χ1) is 12.9. The van der Waals surface area contributed by atoms with E-state index >= 15 is 0 Å². The fraction of sp³-hybridized carbons (Fsp3) is 0.591. The van der Waals surface area contributed by atoms with Gasteiger partial charge in [0, 0.05) is 26.2 Å². The molecule has 1 aliphatic rings. The van der Waals surface area contributed by atoms with Crippen LogP contribution in [0.25, 0.3) is 0 Å².